The lowest BCUT2D eigenvalue weighted by molar-refractivity contribution is -0.140. The van der Waals surface area contributed by atoms with E-state index in [4.69, 9.17) is 0 Å². The van der Waals surface area contributed by atoms with Crippen LogP contribution in [0.4, 0.5) is 0 Å². The molecule has 2 aromatic carbocycles. The summed E-state index contributed by atoms with van der Waals surface area (Å²) in [6, 6.07) is 12.6. The SMILES string of the molecule is COC(=O)CCc1csc(-c2ccc3cc(Br)ccc3c2)n1. The summed E-state index contributed by atoms with van der Waals surface area (Å²) in [6.07, 6.45) is 0.981. The third kappa shape index (κ3) is 3.36. The summed E-state index contributed by atoms with van der Waals surface area (Å²) < 4.78 is 5.73. The minimum Gasteiger partial charge on any atom is -0.469 e. The minimum atomic E-state index is -0.203. The third-order valence-corrected chi connectivity index (χ3v) is 4.85. The van der Waals surface area contributed by atoms with Crippen molar-refractivity contribution in [1.29, 1.82) is 0 Å². The molecule has 0 spiro atoms. The molecule has 0 aliphatic rings. The fourth-order valence-corrected chi connectivity index (χ4v) is 3.47. The van der Waals surface area contributed by atoms with Crippen LogP contribution in [0.15, 0.2) is 46.3 Å². The van der Waals surface area contributed by atoms with Crippen molar-refractivity contribution in [1.82, 2.24) is 4.98 Å². The zero-order valence-corrected chi connectivity index (χ0v) is 14.4. The van der Waals surface area contributed by atoms with Gasteiger partial charge in [-0.3, -0.25) is 4.79 Å². The number of fused-ring (bicyclic) bond motifs is 1. The van der Waals surface area contributed by atoms with Crippen LogP contribution in [-0.2, 0) is 16.0 Å². The second-order valence-corrected chi connectivity index (χ2v) is 6.70. The monoisotopic (exact) mass is 375 g/mol. The van der Waals surface area contributed by atoms with Crippen molar-refractivity contribution in [2.75, 3.05) is 7.11 Å². The molecule has 0 aliphatic heterocycles. The predicted molar refractivity (Wildman–Crippen MR) is 93.1 cm³/mol. The molecule has 0 atom stereocenters. The maximum atomic E-state index is 11.2. The molecule has 0 N–H and O–H groups in total. The van der Waals surface area contributed by atoms with Crippen LogP contribution in [0.25, 0.3) is 21.3 Å². The standard InChI is InChI=1S/C17H14BrNO2S/c1-21-16(20)7-6-15-10-22-17(19-15)13-3-2-12-9-14(18)5-4-11(12)8-13/h2-5,8-10H,6-7H2,1H3. The van der Waals surface area contributed by atoms with E-state index in [1.807, 2.05) is 11.4 Å². The number of benzene rings is 2. The van der Waals surface area contributed by atoms with Crippen LogP contribution < -0.4 is 0 Å². The van der Waals surface area contributed by atoms with Crippen LogP contribution in [0.2, 0.25) is 0 Å². The number of esters is 1. The number of rotatable bonds is 4. The molecule has 0 saturated carbocycles. The molecule has 5 heteroatoms. The van der Waals surface area contributed by atoms with E-state index in [2.05, 4.69) is 56.0 Å². The van der Waals surface area contributed by atoms with E-state index < -0.39 is 0 Å². The summed E-state index contributed by atoms with van der Waals surface area (Å²) in [5.41, 5.74) is 2.03. The number of hydrogen-bond acceptors (Lipinski definition) is 4. The van der Waals surface area contributed by atoms with E-state index >= 15 is 0 Å². The Kier molecular flexibility index (Phi) is 4.55. The van der Waals surface area contributed by atoms with Gasteiger partial charge < -0.3 is 4.74 Å². The van der Waals surface area contributed by atoms with Crippen LogP contribution in [0.3, 0.4) is 0 Å². The van der Waals surface area contributed by atoms with E-state index in [1.165, 1.54) is 17.9 Å². The first-order chi connectivity index (χ1) is 10.7. The van der Waals surface area contributed by atoms with Crippen LogP contribution in [-0.4, -0.2) is 18.1 Å². The molecule has 0 unspecified atom stereocenters. The van der Waals surface area contributed by atoms with Crippen molar-refractivity contribution in [2.45, 2.75) is 12.8 Å². The Hall–Kier alpha value is -1.72. The maximum Gasteiger partial charge on any atom is 0.305 e. The first kappa shape index (κ1) is 15.2. The normalized spacial score (nSPS) is 10.8. The highest BCUT2D eigenvalue weighted by molar-refractivity contribution is 9.10. The topological polar surface area (TPSA) is 39.2 Å². The van der Waals surface area contributed by atoms with E-state index in [-0.39, 0.29) is 5.97 Å². The van der Waals surface area contributed by atoms with Gasteiger partial charge in [0.15, 0.2) is 0 Å². The van der Waals surface area contributed by atoms with Gasteiger partial charge in [0.25, 0.3) is 0 Å². The van der Waals surface area contributed by atoms with E-state index in [1.54, 1.807) is 11.3 Å². The zero-order chi connectivity index (χ0) is 15.5. The van der Waals surface area contributed by atoms with Crippen molar-refractivity contribution >= 4 is 44.0 Å². The minimum absolute atomic E-state index is 0.203. The predicted octanol–water partition coefficient (Wildman–Crippen LogP) is 4.83. The number of ether oxygens (including phenoxy) is 1. The van der Waals surface area contributed by atoms with Crippen molar-refractivity contribution in [3.8, 4) is 10.6 Å². The number of carbonyl (C=O) groups excluding carboxylic acids is 1. The van der Waals surface area contributed by atoms with Crippen LogP contribution >= 0.6 is 27.3 Å². The largest absolute Gasteiger partial charge is 0.469 e. The molecule has 0 radical (unpaired) electrons. The molecule has 3 rings (SSSR count). The number of thiazole rings is 1. The Balaban J connectivity index is 1.83. The number of halogens is 1. The highest BCUT2D eigenvalue weighted by Crippen LogP contribution is 2.28. The van der Waals surface area contributed by atoms with Gasteiger partial charge in [0.1, 0.15) is 5.01 Å². The Bertz CT molecular complexity index is 828. The number of hydrogen-bond donors (Lipinski definition) is 0. The fourth-order valence-electron chi connectivity index (χ4n) is 2.24. The lowest BCUT2D eigenvalue weighted by Crippen LogP contribution is -2.01. The van der Waals surface area contributed by atoms with E-state index in [0.717, 1.165) is 20.7 Å². The molecule has 22 heavy (non-hydrogen) atoms. The number of nitrogens with zero attached hydrogens (tertiary/aromatic N) is 1. The fraction of sp³-hybridized carbons (Fsp3) is 0.176. The molecule has 0 aliphatic carbocycles. The van der Waals surface area contributed by atoms with Gasteiger partial charge in [-0.05, 0) is 29.0 Å². The molecule has 3 nitrogen and oxygen atoms in total. The molecular formula is C17H14BrNO2S. The first-order valence-electron chi connectivity index (χ1n) is 6.86. The Morgan fingerprint density at radius 2 is 2.00 bits per heavy atom. The van der Waals surface area contributed by atoms with Crippen LogP contribution in [0.1, 0.15) is 12.1 Å². The molecule has 0 bridgehead atoms. The van der Waals surface area contributed by atoms with Crippen molar-refractivity contribution in [3.63, 3.8) is 0 Å². The van der Waals surface area contributed by atoms with Gasteiger partial charge in [-0.2, -0.15) is 0 Å². The van der Waals surface area contributed by atoms with Gasteiger partial charge in [-0.25, -0.2) is 4.98 Å². The molecule has 0 saturated heterocycles. The second-order valence-electron chi connectivity index (χ2n) is 4.93. The molecule has 1 aromatic heterocycles. The summed E-state index contributed by atoms with van der Waals surface area (Å²) >= 11 is 5.09. The van der Waals surface area contributed by atoms with Crippen LogP contribution in [0, 0.1) is 0 Å². The molecule has 3 aromatic rings. The lowest BCUT2D eigenvalue weighted by atomic mass is 10.1. The smallest absolute Gasteiger partial charge is 0.305 e. The summed E-state index contributed by atoms with van der Waals surface area (Å²) in [7, 11) is 1.41. The molecule has 1 heterocycles. The lowest BCUT2D eigenvalue weighted by Gasteiger charge is -2.02. The third-order valence-electron chi connectivity index (χ3n) is 3.41. The maximum absolute atomic E-state index is 11.2. The zero-order valence-electron chi connectivity index (χ0n) is 12.0. The number of methoxy groups -OCH3 is 1. The molecule has 112 valence electrons. The molecule has 0 fully saturated rings. The second kappa shape index (κ2) is 6.58. The van der Waals surface area contributed by atoms with Gasteiger partial charge in [0.05, 0.1) is 19.2 Å². The summed E-state index contributed by atoms with van der Waals surface area (Å²) in [5, 5.41) is 5.36. The van der Waals surface area contributed by atoms with Crippen molar-refractivity contribution in [3.05, 3.63) is 51.9 Å². The van der Waals surface area contributed by atoms with Crippen LogP contribution in [0.5, 0.6) is 0 Å². The Morgan fingerprint density at radius 1 is 1.23 bits per heavy atom. The Labute approximate surface area is 141 Å². The number of aryl methyl sites for hydroxylation is 1. The average Bonchev–Trinajstić information content (AvgIpc) is 3.01. The van der Waals surface area contributed by atoms with E-state index in [0.29, 0.717) is 12.8 Å². The van der Waals surface area contributed by atoms with Gasteiger partial charge in [-0.15, -0.1) is 11.3 Å². The molecular weight excluding hydrogens is 362 g/mol. The van der Waals surface area contributed by atoms with Crippen molar-refractivity contribution < 1.29 is 9.53 Å². The highest BCUT2D eigenvalue weighted by Gasteiger charge is 2.08. The number of carbonyl (C=O) groups is 1. The summed E-state index contributed by atoms with van der Waals surface area (Å²) in [6.45, 7) is 0. The van der Waals surface area contributed by atoms with Gasteiger partial charge in [0, 0.05) is 21.8 Å². The van der Waals surface area contributed by atoms with Gasteiger partial charge in [0.2, 0.25) is 0 Å². The first-order valence-corrected chi connectivity index (χ1v) is 8.54. The van der Waals surface area contributed by atoms with Gasteiger partial charge >= 0.3 is 5.97 Å². The number of aromatic nitrogens is 1. The average molecular weight is 376 g/mol. The highest BCUT2D eigenvalue weighted by atomic mass is 79.9. The summed E-state index contributed by atoms with van der Waals surface area (Å²) in [4.78, 5) is 15.8. The van der Waals surface area contributed by atoms with E-state index in [9.17, 15) is 4.79 Å². The van der Waals surface area contributed by atoms with Crippen molar-refractivity contribution in [2.24, 2.45) is 0 Å². The quantitative estimate of drug-likeness (QED) is 0.612. The Morgan fingerprint density at radius 3 is 2.82 bits per heavy atom. The van der Waals surface area contributed by atoms with Gasteiger partial charge in [-0.1, -0.05) is 34.1 Å². The summed E-state index contributed by atoms with van der Waals surface area (Å²) in [5.74, 6) is -0.203. The molecule has 0 amide bonds.